The Labute approximate surface area is 62.6 Å². The second-order valence-electron chi connectivity index (χ2n) is 2.10. The van der Waals surface area contributed by atoms with Gasteiger partial charge in [0, 0.05) is 24.9 Å². The predicted molar refractivity (Wildman–Crippen MR) is 45.0 cm³/mol. The molecule has 1 unspecified atom stereocenters. The Kier molecular flexibility index (Phi) is 6.58. The Morgan fingerprint density at radius 1 is 1.67 bits per heavy atom. The Hall–Kier alpha value is 0.270. The van der Waals surface area contributed by atoms with E-state index >= 15 is 0 Å². The molecule has 0 spiro atoms. The van der Waals surface area contributed by atoms with Crippen LogP contribution in [0.4, 0.5) is 0 Å². The van der Waals surface area contributed by atoms with Crippen LogP contribution in [-0.4, -0.2) is 24.9 Å². The van der Waals surface area contributed by atoms with E-state index in [1.165, 1.54) is 0 Å². The molecule has 0 aromatic heterocycles. The molecule has 0 aliphatic rings. The monoisotopic (exact) mass is 148 g/mol. The summed E-state index contributed by atoms with van der Waals surface area (Å²) in [6.07, 6.45) is 1.04. The van der Waals surface area contributed by atoms with E-state index in [4.69, 9.17) is 5.73 Å². The second-order valence-corrected chi connectivity index (χ2v) is 2.54. The molecule has 0 rings (SSSR count). The third-order valence-corrected chi connectivity index (χ3v) is 1.44. The highest BCUT2D eigenvalue weighted by atomic mass is 32.1. The SMILES string of the molecule is CCC(N)CNCCS. The van der Waals surface area contributed by atoms with Gasteiger partial charge in [0.2, 0.25) is 0 Å². The smallest absolute Gasteiger partial charge is 0.0162 e. The summed E-state index contributed by atoms with van der Waals surface area (Å²) in [4.78, 5) is 0. The second kappa shape index (κ2) is 6.39. The largest absolute Gasteiger partial charge is 0.327 e. The number of nitrogens with two attached hydrogens (primary N) is 1. The summed E-state index contributed by atoms with van der Waals surface area (Å²) in [5.41, 5.74) is 5.63. The molecule has 56 valence electrons. The maximum atomic E-state index is 5.63. The maximum absolute atomic E-state index is 5.63. The first-order valence-electron chi connectivity index (χ1n) is 3.38. The molecule has 0 aliphatic heterocycles. The van der Waals surface area contributed by atoms with Gasteiger partial charge in [0.25, 0.3) is 0 Å². The van der Waals surface area contributed by atoms with Crippen molar-refractivity contribution in [3.05, 3.63) is 0 Å². The van der Waals surface area contributed by atoms with E-state index in [1.54, 1.807) is 0 Å². The van der Waals surface area contributed by atoms with Crippen molar-refractivity contribution in [3.63, 3.8) is 0 Å². The molecule has 3 N–H and O–H groups in total. The number of hydrogen-bond acceptors (Lipinski definition) is 3. The van der Waals surface area contributed by atoms with Crippen LogP contribution in [0.15, 0.2) is 0 Å². The quantitative estimate of drug-likeness (QED) is 0.386. The van der Waals surface area contributed by atoms with Gasteiger partial charge in [-0.25, -0.2) is 0 Å². The van der Waals surface area contributed by atoms with E-state index in [0.29, 0.717) is 6.04 Å². The van der Waals surface area contributed by atoms with Crippen LogP contribution in [0.2, 0.25) is 0 Å². The summed E-state index contributed by atoms with van der Waals surface area (Å²) in [6.45, 7) is 3.96. The van der Waals surface area contributed by atoms with E-state index < -0.39 is 0 Å². The highest BCUT2D eigenvalue weighted by Gasteiger charge is 1.94. The van der Waals surface area contributed by atoms with E-state index in [1.807, 2.05) is 0 Å². The molecule has 0 amide bonds. The fourth-order valence-corrected chi connectivity index (χ4v) is 0.669. The van der Waals surface area contributed by atoms with Gasteiger partial charge in [-0.3, -0.25) is 0 Å². The third-order valence-electron chi connectivity index (χ3n) is 1.22. The Balaban J connectivity index is 2.88. The molecule has 0 bridgehead atoms. The zero-order valence-corrected chi connectivity index (χ0v) is 6.82. The lowest BCUT2D eigenvalue weighted by Gasteiger charge is -2.08. The molecule has 3 heteroatoms. The van der Waals surface area contributed by atoms with Crippen LogP contribution in [0.1, 0.15) is 13.3 Å². The molecule has 0 fully saturated rings. The van der Waals surface area contributed by atoms with E-state index in [2.05, 4.69) is 24.9 Å². The molecule has 0 radical (unpaired) electrons. The average Bonchev–Trinajstić information content (AvgIpc) is 1.89. The molecular formula is C6H16N2S. The minimum absolute atomic E-state index is 0.310. The van der Waals surface area contributed by atoms with Gasteiger partial charge >= 0.3 is 0 Å². The Bertz CT molecular complexity index is 59.0. The van der Waals surface area contributed by atoms with Crippen molar-refractivity contribution in [2.24, 2.45) is 5.73 Å². The normalized spacial score (nSPS) is 13.7. The van der Waals surface area contributed by atoms with E-state index in [-0.39, 0.29) is 0 Å². The molecule has 0 aromatic carbocycles. The first-order valence-corrected chi connectivity index (χ1v) is 4.01. The summed E-state index contributed by atoms with van der Waals surface area (Å²) in [7, 11) is 0. The van der Waals surface area contributed by atoms with Gasteiger partial charge in [-0.15, -0.1) is 0 Å². The van der Waals surface area contributed by atoms with Gasteiger partial charge in [-0.05, 0) is 6.42 Å². The van der Waals surface area contributed by atoms with Crippen molar-refractivity contribution in [2.75, 3.05) is 18.8 Å². The topological polar surface area (TPSA) is 38.0 Å². The first kappa shape index (κ1) is 9.27. The van der Waals surface area contributed by atoms with Crippen LogP contribution >= 0.6 is 12.6 Å². The lowest BCUT2D eigenvalue weighted by Crippen LogP contribution is -2.33. The summed E-state index contributed by atoms with van der Waals surface area (Å²) in [5.74, 6) is 0.885. The van der Waals surface area contributed by atoms with Crippen LogP contribution < -0.4 is 11.1 Å². The fraction of sp³-hybridized carbons (Fsp3) is 1.00. The van der Waals surface area contributed by atoms with Crippen LogP contribution in [0.25, 0.3) is 0 Å². The van der Waals surface area contributed by atoms with Crippen molar-refractivity contribution in [2.45, 2.75) is 19.4 Å². The average molecular weight is 148 g/mol. The van der Waals surface area contributed by atoms with Gasteiger partial charge < -0.3 is 11.1 Å². The zero-order chi connectivity index (χ0) is 7.11. The summed E-state index contributed by atoms with van der Waals surface area (Å²) in [5, 5.41) is 3.18. The molecular weight excluding hydrogens is 132 g/mol. The van der Waals surface area contributed by atoms with Crippen LogP contribution in [0.3, 0.4) is 0 Å². The number of thiol groups is 1. The predicted octanol–water partition coefficient (Wildman–Crippen LogP) is 0.243. The molecule has 9 heavy (non-hydrogen) atoms. The van der Waals surface area contributed by atoms with Gasteiger partial charge in [0.1, 0.15) is 0 Å². The van der Waals surface area contributed by atoms with Crippen molar-refractivity contribution in [3.8, 4) is 0 Å². The van der Waals surface area contributed by atoms with Crippen LogP contribution in [0.5, 0.6) is 0 Å². The molecule has 0 saturated heterocycles. The molecule has 2 nitrogen and oxygen atoms in total. The number of rotatable bonds is 5. The minimum atomic E-state index is 0.310. The lowest BCUT2D eigenvalue weighted by molar-refractivity contribution is 0.578. The summed E-state index contributed by atoms with van der Waals surface area (Å²) >= 11 is 4.05. The highest BCUT2D eigenvalue weighted by Crippen LogP contribution is 1.81. The standard InChI is InChI=1S/C6H16N2S/c1-2-6(7)5-8-3-4-9/h6,8-9H,2-5,7H2,1H3. The fourth-order valence-electron chi connectivity index (χ4n) is 0.511. The molecule has 0 aromatic rings. The molecule has 0 heterocycles. The van der Waals surface area contributed by atoms with Crippen molar-refractivity contribution in [1.29, 1.82) is 0 Å². The van der Waals surface area contributed by atoms with Gasteiger partial charge in [0.05, 0.1) is 0 Å². The van der Waals surface area contributed by atoms with Crippen molar-refractivity contribution < 1.29 is 0 Å². The minimum Gasteiger partial charge on any atom is -0.327 e. The van der Waals surface area contributed by atoms with Crippen molar-refractivity contribution in [1.82, 2.24) is 5.32 Å². The third kappa shape index (κ3) is 6.15. The van der Waals surface area contributed by atoms with Gasteiger partial charge in [-0.2, -0.15) is 12.6 Å². The molecule has 0 saturated carbocycles. The zero-order valence-electron chi connectivity index (χ0n) is 5.93. The lowest BCUT2D eigenvalue weighted by atomic mass is 10.2. The summed E-state index contributed by atoms with van der Waals surface area (Å²) in [6, 6.07) is 0.310. The van der Waals surface area contributed by atoms with Gasteiger partial charge in [-0.1, -0.05) is 6.92 Å². The Morgan fingerprint density at radius 2 is 2.33 bits per heavy atom. The van der Waals surface area contributed by atoms with Crippen LogP contribution in [0, 0.1) is 0 Å². The Morgan fingerprint density at radius 3 is 2.78 bits per heavy atom. The number of hydrogen-bond donors (Lipinski definition) is 3. The summed E-state index contributed by atoms with van der Waals surface area (Å²) < 4.78 is 0. The molecule has 0 aliphatic carbocycles. The van der Waals surface area contributed by atoms with Crippen molar-refractivity contribution >= 4 is 12.6 Å². The van der Waals surface area contributed by atoms with E-state index in [9.17, 15) is 0 Å². The van der Waals surface area contributed by atoms with E-state index in [0.717, 1.165) is 25.3 Å². The number of nitrogens with one attached hydrogen (secondary N) is 1. The molecule has 1 atom stereocenters. The van der Waals surface area contributed by atoms with Gasteiger partial charge in [0.15, 0.2) is 0 Å². The highest BCUT2D eigenvalue weighted by molar-refractivity contribution is 7.80. The van der Waals surface area contributed by atoms with Crippen LogP contribution in [-0.2, 0) is 0 Å². The maximum Gasteiger partial charge on any atom is 0.0162 e. The first-order chi connectivity index (χ1) is 4.31.